The van der Waals surface area contributed by atoms with Crippen LogP contribution < -0.4 is 5.73 Å². The number of carbonyl (C=O) groups is 1. The summed E-state index contributed by atoms with van der Waals surface area (Å²) in [5.74, 6) is -0.986. The molecule has 0 aromatic carbocycles. The third kappa shape index (κ3) is 2.47. The fourth-order valence-electron chi connectivity index (χ4n) is 0.368. The van der Waals surface area contributed by atoms with Gasteiger partial charge in [-0.2, -0.15) is 15.8 Å². The molecule has 1 amide bonds. The molecule has 0 aliphatic carbocycles. The molecule has 0 radical (unpaired) electrons. The van der Waals surface area contributed by atoms with E-state index >= 15 is 0 Å². The van der Waals surface area contributed by atoms with Crippen LogP contribution in [-0.4, -0.2) is 17.7 Å². The lowest BCUT2D eigenvalue weighted by Gasteiger charge is -1.93. The first-order valence-corrected chi connectivity index (χ1v) is 2.72. The number of carbonyl (C=O) groups excluding carboxylic acids is 1. The summed E-state index contributed by atoms with van der Waals surface area (Å²) in [6, 6.07) is 2.78. The molecular formula is C6H3N5O. The zero-order chi connectivity index (χ0) is 9.56. The second-order valence-corrected chi connectivity index (χ2v) is 1.64. The maximum absolute atomic E-state index is 10.4. The van der Waals surface area contributed by atoms with Crippen LogP contribution in [0.25, 0.3) is 0 Å². The summed E-state index contributed by atoms with van der Waals surface area (Å²) in [4.78, 5) is 13.6. The van der Waals surface area contributed by atoms with Gasteiger partial charge in [-0.25, -0.2) is 4.99 Å². The number of amides is 1. The SMILES string of the molecule is N#CC(C#N)=NC(C#N)C(N)=O. The highest BCUT2D eigenvalue weighted by molar-refractivity contribution is 6.11. The minimum atomic E-state index is -1.46. The van der Waals surface area contributed by atoms with E-state index in [4.69, 9.17) is 21.5 Å². The van der Waals surface area contributed by atoms with Gasteiger partial charge in [0.05, 0.1) is 6.07 Å². The lowest BCUT2D eigenvalue weighted by Crippen LogP contribution is -2.26. The Bertz CT molecular complexity index is 320. The van der Waals surface area contributed by atoms with Crippen molar-refractivity contribution < 1.29 is 4.79 Å². The zero-order valence-corrected chi connectivity index (χ0v) is 5.85. The molecule has 1 unspecified atom stereocenters. The van der Waals surface area contributed by atoms with Gasteiger partial charge in [0, 0.05) is 0 Å². The number of nitrogens with zero attached hydrogens (tertiary/aromatic N) is 4. The zero-order valence-electron chi connectivity index (χ0n) is 5.85. The monoisotopic (exact) mass is 161 g/mol. The summed E-state index contributed by atoms with van der Waals surface area (Å²) >= 11 is 0. The molecule has 0 spiro atoms. The van der Waals surface area contributed by atoms with Gasteiger partial charge in [0.25, 0.3) is 5.91 Å². The molecule has 0 saturated carbocycles. The molecule has 0 saturated heterocycles. The highest BCUT2D eigenvalue weighted by Crippen LogP contribution is 1.88. The van der Waals surface area contributed by atoms with Crippen molar-refractivity contribution in [1.29, 1.82) is 15.8 Å². The lowest BCUT2D eigenvalue weighted by molar-refractivity contribution is -0.118. The number of hydrogen-bond acceptors (Lipinski definition) is 5. The van der Waals surface area contributed by atoms with Gasteiger partial charge in [0.15, 0.2) is 0 Å². The summed E-state index contributed by atoms with van der Waals surface area (Å²) < 4.78 is 0. The van der Waals surface area contributed by atoms with E-state index in [9.17, 15) is 4.79 Å². The second-order valence-electron chi connectivity index (χ2n) is 1.64. The standard InChI is InChI=1S/C6H3N5O/c7-1-4(2-8)11-5(3-9)6(10)12/h5H,(H2,10,12). The summed E-state index contributed by atoms with van der Waals surface area (Å²) in [7, 11) is 0. The number of nitriles is 3. The molecule has 58 valence electrons. The third-order valence-corrected chi connectivity index (χ3v) is 0.862. The summed E-state index contributed by atoms with van der Waals surface area (Å²) in [5, 5.41) is 24.6. The molecule has 6 nitrogen and oxygen atoms in total. The quantitative estimate of drug-likeness (QED) is 0.513. The highest BCUT2D eigenvalue weighted by atomic mass is 16.1. The number of hydrogen-bond donors (Lipinski definition) is 1. The molecule has 1 atom stereocenters. The van der Waals surface area contributed by atoms with E-state index in [1.165, 1.54) is 18.2 Å². The van der Waals surface area contributed by atoms with E-state index < -0.39 is 17.7 Å². The van der Waals surface area contributed by atoms with E-state index in [0.717, 1.165) is 0 Å². The van der Waals surface area contributed by atoms with Gasteiger partial charge in [-0.15, -0.1) is 0 Å². The van der Waals surface area contributed by atoms with Crippen molar-refractivity contribution in [2.24, 2.45) is 10.7 Å². The Balaban J connectivity index is 4.76. The molecule has 12 heavy (non-hydrogen) atoms. The summed E-state index contributed by atoms with van der Waals surface area (Å²) in [6.07, 6.45) is 0. The van der Waals surface area contributed by atoms with Crippen molar-refractivity contribution in [3.8, 4) is 18.2 Å². The lowest BCUT2D eigenvalue weighted by atomic mass is 10.3. The molecule has 0 fully saturated rings. The Hall–Kier alpha value is -2.39. The molecule has 0 aliphatic rings. The predicted molar refractivity (Wildman–Crippen MR) is 37.3 cm³/mol. The third-order valence-electron chi connectivity index (χ3n) is 0.862. The Morgan fingerprint density at radius 1 is 1.33 bits per heavy atom. The van der Waals surface area contributed by atoms with Crippen molar-refractivity contribution >= 4 is 11.6 Å². The van der Waals surface area contributed by atoms with E-state index in [1.54, 1.807) is 0 Å². The molecule has 0 heterocycles. The first kappa shape index (κ1) is 9.61. The Morgan fingerprint density at radius 3 is 2.08 bits per heavy atom. The normalized spacial score (nSPS) is 9.75. The number of primary amides is 1. The molecule has 0 aromatic heterocycles. The first-order chi connectivity index (χ1) is 5.65. The number of aliphatic imine (C=N–C) groups is 1. The molecular weight excluding hydrogens is 158 g/mol. The fourth-order valence-corrected chi connectivity index (χ4v) is 0.368. The highest BCUT2D eigenvalue weighted by Gasteiger charge is 2.12. The summed E-state index contributed by atoms with van der Waals surface area (Å²) in [6.45, 7) is 0. The molecule has 2 N–H and O–H groups in total. The second kappa shape index (κ2) is 4.43. The minimum absolute atomic E-state index is 0.541. The Morgan fingerprint density at radius 2 is 1.83 bits per heavy atom. The van der Waals surface area contributed by atoms with Gasteiger partial charge in [-0.3, -0.25) is 4.79 Å². The van der Waals surface area contributed by atoms with Gasteiger partial charge in [0.1, 0.15) is 12.1 Å². The van der Waals surface area contributed by atoms with Crippen LogP contribution in [0.15, 0.2) is 4.99 Å². The molecule has 0 rings (SSSR count). The van der Waals surface area contributed by atoms with E-state index in [1.807, 2.05) is 0 Å². The van der Waals surface area contributed by atoms with Crippen molar-refractivity contribution in [3.05, 3.63) is 0 Å². The van der Waals surface area contributed by atoms with E-state index in [2.05, 4.69) is 4.99 Å². The van der Waals surface area contributed by atoms with Crippen LogP contribution in [0.1, 0.15) is 0 Å². The maximum atomic E-state index is 10.4. The van der Waals surface area contributed by atoms with Gasteiger partial charge in [0.2, 0.25) is 11.8 Å². The van der Waals surface area contributed by atoms with Crippen LogP contribution in [-0.2, 0) is 4.79 Å². The smallest absolute Gasteiger partial charge is 0.256 e. The average molecular weight is 161 g/mol. The molecule has 0 bridgehead atoms. The van der Waals surface area contributed by atoms with Crippen LogP contribution in [0.3, 0.4) is 0 Å². The average Bonchev–Trinajstić information content (AvgIpc) is 2.06. The topological polar surface area (TPSA) is 127 Å². The molecule has 6 heteroatoms. The fraction of sp³-hybridized carbons (Fsp3) is 0.167. The van der Waals surface area contributed by atoms with Crippen LogP contribution in [0.4, 0.5) is 0 Å². The predicted octanol–water partition coefficient (Wildman–Crippen LogP) is -1.15. The molecule has 0 aromatic rings. The maximum Gasteiger partial charge on any atom is 0.256 e. The largest absolute Gasteiger partial charge is 0.367 e. The first-order valence-electron chi connectivity index (χ1n) is 2.72. The van der Waals surface area contributed by atoms with E-state index in [0.29, 0.717) is 0 Å². The number of nitrogens with two attached hydrogens (primary N) is 1. The van der Waals surface area contributed by atoms with Crippen molar-refractivity contribution in [1.82, 2.24) is 0 Å². The Kier molecular flexibility index (Phi) is 3.55. The Labute approximate surface area is 68.1 Å². The van der Waals surface area contributed by atoms with Crippen LogP contribution >= 0.6 is 0 Å². The van der Waals surface area contributed by atoms with Crippen LogP contribution in [0.5, 0.6) is 0 Å². The minimum Gasteiger partial charge on any atom is -0.367 e. The van der Waals surface area contributed by atoms with Gasteiger partial charge < -0.3 is 5.73 Å². The van der Waals surface area contributed by atoms with Gasteiger partial charge in [-0.05, 0) is 0 Å². The van der Waals surface area contributed by atoms with Gasteiger partial charge >= 0.3 is 0 Å². The van der Waals surface area contributed by atoms with Crippen molar-refractivity contribution in [2.45, 2.75) is 6.04 Å². The van der Waals surface area contributed by atoms with Crippen LogP contribution in [0.2, 0.25) is 0 Å². The molecule has 0 aliphatic heterocycles. The van der Waals surface area contributed by atoms with Crippen molar-refractivity contribution in [2.75, 3.05) is 0 Å². The number of rotatable bonds is 2. The van der Waals surface area contributed by atoms with Crippen molar-refractivity contribution in [3.63, 3.8) is 0 Å². The van der Waals surface area contributed by atoms with Gasteiger partial charge in [-0.1, -0.05) is 0 Å². The van der Waals surface area contributed by atoms with Crippen LogP contribution in [0, 0.1) is 34.0 Å². The van der Waals surface area contributed by atoms with E-state index in [-0.39, 0.29) is 0 Å². The summed E-state index contributed by atoms with van der Waals surface area (Å²) in [5.41, 5.74) is 4.18.